The highest BCUT2D eigenvalue weighted by Crippen LogP contribution is 2.09. The number of hydrogen-bond acceptors (Lipinski definition) is 2. The van der Waals surface area contributed by atoms with Crippen LogP contribution in [-0.2, 0) is 9.59 Å². The van der Waals surface area contributed by atoms with Gasteiger partial charge in [-0.3, -0.25) is 9.59 Å². The van der Waals surface area contributed by atoms with Crippen LogP contribution in [0.4, 0.5) is 0 Å². The van der Waals surface area contributed by atoms with E-state index in [1.807, 2.05) is 0 Å². The molecular formula is C12H23NO2. The van der Waals surface area contributed by atoms with Crippen molar-refractivity contribution in [3.8, 4) is 0 Å². The summed E-state index contributed by atoms with van der Waals surface area (Å²) in [6.45, 7) is 3.76. The van der Waals surface area contributed by atoms with E-state index in [0.717, 1.165) is 12.8 Å². The molecule has 88 valence electrons. The molecule has 1 unspecified atom stereocenters. The van der Waals surface area contributed by atoms with Crippen molar-refractivity contribution in [2.24, 2.45) is 11.7 Å². The van der Waals surface area contributed by atoms with Gasteiger partial charge in [-0.15, -0.1) is 0 Å². The van der Waals surface area contributed by atoms with Gasteiger partial charge in [-0.05, 0) is 13.3 Å². The largest absolute Gasteiger partial charge is 0.369 e. The second-order valence-electron chi connectivity index (χ2n) is 4.11. The van der Waals surface area contributed by atoms with Crippen molar-refractivity contribution in [2.75, 3.05) is 0 Å². The summed E-state index contributed by atoms with van der Waals surface area (Å²) in [5.74, 6) is -1.13. The Labute approximate surface area is 92.4 Å². The Bertz CT molecular complexity index is 202. The summed E-state index contributed by atoms with van der Waals surface area (Å²) in [5.41, 5.74) is 5.05. The number of hydrogen-bond donors (Lipinski definition) is 1. The zero-order valence-electron chi connectivity index (χ0n) is 9.92. The van der Waals surface area contributed by atoms with Gasteiger partial charge in [0.25, 0.3) is 0 Å². The third-order valence-electron chi connectivity index (χ3n) is 2.69. The molecule has 0 aliphatic rings. The lowest BCUT2D eigenvalue weighted by molar-refractivity contribution is -0.131. The average molecular weight is 213 g/mol. The molecule has 3 nitrogen and oxygen atoms in total. The lowest BCUT2D eigenvalue weighted by Crippen LogP contribution is -2.27. The van der Waals surface area contributed by atoms with Crippen molar-refractivity contribution < 1.29 is 9.59 Å². The number of Topliss-reactive ketones (excluding diaryl/α,β-unsaturated/α-hetero) is 1. The highest BCUT2D eigenvalue weighted by molar-refractivity contribution is 6.00. The SMILES string of the molecule is CCCCCCCCC(=O)C(C)C(N)=O. The third-order valence-corrected chi connectivity index (χ3v) is 2.69. The number of primary amides is 1. The summed E-state index contributed by atoms with van der Waals surface area (Å²) < 4.78 is 0. The molecule has 0 fully saturated rings. The van der Waals surface area contributed by atoms with Gasteiger partial charge in [-0.25, -0.2) is 0 Å². The highest BCUT2D eigenvalue weighted by Gasteiger charge is 2.17. The predicted octanol–water partition coefficient (Wildman–Crippen LogP) is 2.43. The van der Waals surface area contributed by atoms with E-state index in [1.165, 1.54) is 25.7 Å². The number of nitrogens with two attached hydrogens (primary N) is 1. The van der Waals surface area contributed by atoms with Crippen LogP contribution in [0, 0.1) is 5.92 Å². The zero-order valence-corrected chi connectivity index (χ0v) is 9.92. The molecule has 0 aliphatic carbocycles. The Balaban J connectivity index is 3.43. The number of carbonyl (C=O) groups excluding carboxylic acids is 2. The van der Waals surface area contributed by atoms with Gasteiger partial charge < -0.3 is 5.73 Å². The van der Waals surface area contributed by atoms with Crippen molar-refractivity contribution in [1.82, 2.24) is 0 Å². The topological polar surface area (TPSA) is 60.2 Å². The maximum Gasteiger partial charge on any atom is 0.227 e. The average Bonchev–Trinajstić information content (AvgIpc) is 2.21. The number of amides is 1. The molecule has 0 aromatic heterocycles. The van der Waals surface area contributed by atoms with Gasteiger partial charge >= 0.3 is 0 Å². The van der Waals surface area contributed by atoms with E-state index in [9.17, 15) is 9.59 Å². The van der Waals surface area contributed by atoms with E-state index < -0.39 is 11.8 Å². The molecule has 0 aromatic carbocycles. The van der Waals surface area contributed by atoms with E-state index >= 15 is 0 Å². The van der Waals surface area contributed by atoms with Gasteiger partial charge in [0, 0.05) is 6.42 Å². The number of unbranched alkanes of at least 4 members (excludes halogenated alkanes) is 5. The first kappa shape index (κ1) is 14.1. The number of rotatable bonds is 9. The minimum atomic E-state index is -0.611. The van der Waals surface area contributed by atoms with Crippen molar-refractivity contribution >= 4 is 11.7 Å². The minimum Gasteiger partial charge on any atom is -0.369 e. The van der Waals surface area contributed by atoms with E-state index in [2.05, 4.69) is 6.92 Å². The van der Waals surface area contributed by atoms with E-state index in [4.69, 9.17) is 5.73 Å². The van der Waals surface area contributed by atoms with Crippen LogP contribution in [0.2, 0.25) is 0 Å². The second-order valence-corrected chi connectivity index (χ2v) is 4.11. The lowest BCUT2D eigenvalue weighted by atomic mass is 10.00. The Morgan fingerprint density at radius 1 is 1.07 bits per heavy atom. The Kier molecular flexibility index (Phi) is 7.96. The second kappa shape index (κ2) is 8.45. The minimum absolute atomic E-state index is 0.0157. The van der Waals surface area contributed by atoms with Gasteiger partial charge in [0.1, 0.15) is 5.78 Å². The fourth-order valence-corrected chi connectivity index (χ4v) is 1.45. The van der Waals surface area contributed by atoms with Crippen molar-refractivity contribution in [3.63, 3.8) is 0 Å². The van der Waals surface area contributed by atoms with Gasteiger partial charge in [0.15, 0.2) is 0 Å². The molecule has 0 aromatic rings. The first-order valence-corrected chi connectivity index (χ1v) is 5.91. The highest BCUT2D eigenvalue weighted by atomic mass is 16.2. The summed E-state index contributed by atoms with van der Waals surface area (Å²) in [4.78, 5) is 22.1. The Morgan fingerprint density at radius 2 is 1.60 bits per heavy atom. The molecule has 0 bridgehead atoms. The van der Waals surface area contributed by atoms with Crippen LogP contribution in [0.3, 0.4) is 0 Å². The molecule has 0 spiro atoms. The first-order chi connectivity index (χ1) is 7.09. The monoisotopic (exact) mass is 213 g/mol. The maximum atomic E-state index is 11.4. The van der Waals surface area contributed by atoms with Gasteiger partial charge in [0.05, 0.1) is 5.92 Å². The molecule has 15 heavy (non-hydrogen) atoms. The molecule has 0 heterocycles. The van der Waals surface area contributed by atoms with Crippen molar-refractivity contribution in [2.45, 2.75) is 58.8 Å². The maximum absolute atomic E-state index is 11.4. The number of carbonyl (C=O) groups is 2. The fourth-order valence-electron chi connectivity index (χ4n) is 1.45. The van der Waals surface area contributed by atoms with Crippen molar-refractivity contribution in [1.29, 1.82) is 0 Å². The molecule has 0 saturated heterocycles. The smallest absolute Gasteiger partial charge is 0.227 e. The molecule has 0 rings (SSSR count). The summed E-state index contributed by atoms with van der Waals surface area (Å²) >= 11 is 0. The van der Waals surface area contributed by atoms with Gasteiger partial charge in [-0.1, -0.05) is 39.0 Å². The molecule has 0 saturated carbocycles. The van der Waals surface area contributed by atoms with E-state index in [0.29, 0.717) is 6.42 Å². The fraction of sp³-hybridized carbons (Fsp3) is 0.833. The predicted molar refractivity (Wildman–Crippen MR) is 61.4 cm³/mol. The first-order valence-electron chi connectivity index (χ1n) is 5.91. The van der Waals surface area contributed by atoms with E-state index in [1.54, 1.807) is 6.92 Å². The number of ketones is 1. The quantitative estimate of drug-likeness (QED) is 0.472. The lowest BCUT2D eigenvalue weighted by Gasteiger charge is -2.05. The Morgan fingerprint density at radius 3 is 2.13 bits per heavy atom. The summed E-state index contributed by atoms with van der Waals surface area (Å²) in [6, 6.07) is 0. The normalized spacial score (nSPS) is 12.4. The molecule has 0 radical (unpaired) electrons. The molecule has 1 atom stereocenters. The zero-order chi connectivity index (χ0) is 11.7. The summed E-state index contributed by atoms with van der Waals surface area (Å²) in [6.07, 6.45) is 7.40. The van der Waals surface area contributed by atoms with Crippen LogP contribution in [0.25, 0.3) is 0 Å². The van der Waals surface area contributed by atoms with E-state index in [-0.39, 0.29) is 5.78 Å². The third kappa shape index (κ3) is 7.11. The molecule has 2 N–H and O–H groups in total. The van der Waals surface area contributed by atoms with Crippen LogP contribution in [-0.4, -0.2) is 11.7 Å². The molecule has 3 heteroatoms. The summed E-state index contributed by atoms with van der Waals surface area (Å²) in [5, 5.41) is 0. The van der Waals surface area contributed by atoms with Crippen LogP contribution >= 0.6 is 0 Å². The Hall–Kier alpha value is -0.860. The van der Waals surface area contributed by atoms with Gasteiger partial charge in [0.2, 0.25) is 5.91 Å². The van der Waals surface area contributed by atoms with Crippen LogP contribution < -0.4 is 5.73 Å². The standard InChI is InChI=1S/C12H23NO2/c1-3-4-5-6-7-8-9-11(14)10(2)12(13)15/h10H,3-9H2,1-2H3,(H2,13,15). The molecular weight excluding hydrogens is 190 g/mol. The van der Waals surface area contributed by atoms with Crippen LogP contribution in [0.1, 0.15) is 58.8 Å². The van der Waals surface area contributed by atoms with Crippen molar-refractivity contribution in [3.05, 3.63) is 0 Å². The summed E-state index contributed by atoms with van der Waals surface area (Å²) in [7, 11) is 0. The van der Waals surface area contributed by atoms with Gasteiger partial charge in [-0.2, -0.15) is 0 Å². The molecule has 0 aliphatic heterocycles. The van der Waals surface area contributed by atoms with Crippen LogP contribution in [0.5, 0.6) is 0 Å². The van der Waals surface area contributed by atoms with Crippen LogP contribution in [0.15, 0.2) is 0 Å². The molecule has 1 amide bonds.